The molecule has 18 heteroatoms. The molecule has 0 saturated heterocycles. The number of aliphatic hydroxyl groups excluding tert-OH is 6. The van der Waals surface area contributed by atoms with Gasteiger partial charge in [0, 0.05) is 0 Å². The van der Waals surface area contributed by atoms with E-state index in [1.807, 2.05) is 0 Å². The van der Waals surface area contributed by atoms with Crippen LogP contribution in [0.1, 0.15) is 0 Å². The van der Waals surface area contributed by atoms with Crippen LogP contribution in [0.15, 0.2) is 0 Å². The molecule has 0 spiro atoms. The summed E-state index contributed by atoms with van der Waals surface area (Å²) in [6.45, 7) is -7.41. The maximum absolute atomic E-state index is 8.87. The molecule has 0 aliphatic heterocycles. The summed E-state index contributed by atoms with van der Waals surface area (Å²) in [6.07, 6.45) is -6.02. The van der Waals surface area contributed by atoms with E-state index in [4.69, 9.17) is 30.6 Å². The molecule has 0 radical (unpaired) electrons. The van der Waals surface area contributed by atoms with Gasteiger partial charge in [0.15, 0.2) is 40.8 Å². The third-order valence-corrected chi connectivity index (χ3v) is 1.82. The van der Waals surface area contributed by atoms with E-state index < -0.39 is 59.9 Å². The molecule has 0 aliphatic rings. The van der Waals surface area contributed by atoms with Crippen molar-refractivity contribution in [2.24, 2.45) is 0 Å². The first-order valence-corrected chi connectivity index (χ1v) is 6.51. The van der Waals surface area contributed by atoms with Crippen LogP contribution in [0.3, 0.4) is 0 Å². The topological polar surface area (TPSA) is 232 Å². The van der Waals surface area contributed by atoms with E-state index in [0.29, 0.717) is 0 Å². The van der Waals surface area contributed by atoms with Gasteiger partial charge in [-0.15, -0.1) is 19.6 Å². The van der Waals surface area contributed by atoms with Crippen molar-refractivity contribution in [3.05, 3.63) is 0 Å². The molecule has 0 saturated carbocycles. The molecule has 0 amide bonds. The third kappa shape index (κ3) is 11.0. The van der Waals surface area contributed by atoms with E-state index >= 15 is 0 Å². The number of hydrogen-bond donors (Lipinski definition) is 6. The molecule has 164 valence electrons. The Labute approximate surface area is 150 Å². The fraction of sp³-hybridized carbons (Fsp3) is 1.00. The molecule has 0 fully saturated rings. The molecule has 0 aromatic heterocycles. The number of ether oxygens (including phenoxy) is 4. The zero-order valence-electron chi connectivity index (χ0n) is 13.5. The Hall–Kier alpha value is -0.720. The summed E-state index contributed by atoms with van der Waals surface area (Å²) in [6, 6.07) is 0. The summed E-state index contributed by atoms with van der Waals surface area (Å²) < 4.78 is 17.9. The molecule has 0 heterocycles. The van der Waals surface area contributed by atoms with Crippen LogP contribution >= 0.6 is 0 Å². The highest BCUT2D eigenvalue weighted by Crippen LogP contribution is 2.25. The lowest BCUT2D eigenvalue weighted by atomic mass is 11.0. The second-order valence-electron chi connectivity index (χ2n) is 3.27. The van der Waals surface area contributed by atoms with Gasteiger partial charge in [0.2, 0.25) is 6.79 Å². The Balaban J connectivity index is 5.09. The van der Waals surface area contributed by atoms with Crippen LogP contribution in [-0.4, -0.2) is 90.5 Å². The molecule has 0 atom stereocenters. The lowest BCUT2D eigenvalue weighted by Gasteiger charge is -2.32. The standard InChI is InChI=1S/C9H20O18/c10-1-16-8(17-2-11,24-21-6-15)26-27-9(18-3-12,19-4-13)25-23-7-22-20-5-14/h10-15H,1-7H2. The van der Waals surface area contributed by atoms with Crippen molar-refractivity contribution >= 4 is 0 Å². The van der Waals surface area contributed by atoms with Crippen molar-refractivity contribution in [1.82, 2.24) is 0 Å². The van der Waals surface area contributed by atoms with Crippen LogP contribution in [0, 0.1) is 0 Å². The van der Waals surface area contributed by atoms with E-state index in [1.165, 1.54) is 0 Å². The Morgan fingerprint density at radius 1 is 0.407 bits per heavy atom. The molecule has 0 bridgehead atoms. The average Bonchev–Trinajstić information content (AvgIpc) is 2.65. The van der Waals surface area contributed by atoms with Crippen molar-refractivity contribution in [1.29, 1.82) is 0 Å². The number of rotatable bonds is 20. The van der Waals surface area contributed by atoms with Crippen LogP contribution in [0.2, 0.25) is 0 Å². The Morgan fingerprint density at radius 3 is 1.19 bits per heavy atom. The van der Waals surface area contributed by atoms with Crippen LogP contribution in [0.25, 0.3) is 0 Å². The molecular formula is C9H20O18. The van der Waals surface area contributed by atoms with E-state index in [9.17, 15) is 0 Å². The van der Waals surface area contributed by atoms with Crippen LogP contribution < -0.4 is 0 Å². The van der Waals surface area contributed by atoms with Gasteiger partial charge >= 0.3 is 12.3 Å². The van der Waals surface area contributed by atoms with Gasteiger partial charge in [-0.05, 0) is 0 Å². The van der Waals surface area contributed by atoms with Crippen LogP contribution in [0.4, 0.5) is 0 Å². The Kier molecular flexibility index (Phi) is 15.8. The summed E-state index contributed by atoms with van der Waals surface area (Å²) in [4.78, 5) is 34.3. The van der Waals surface area contributed by atoms with Gasteiger partial charge in [-0.25, -0.2) is 14.7 Å². The molecule has 18 nitrogen and oxygen atoms in total. The van der Waals surface area contributed by atoms with E-state index in [-0.39, 0.29) is 0 Å². The predicted molar refractivity (Wildman–Crippen MR) is 65.9 cm³/mol. The summed E-state index contributed by atoms with van der Waals surface area (Å²) in [7, 11) is 0. The maximum atomic E-state index is 8.87. The highest BCUT2D eigenvalue weighted by molar-refractivity contribution is 4.35. The molecule has 0 aromatic rings. The SMILES string of the molecule is OCOOCOOC(OCO)(OCO)OOC(OCO)(OCO)OOCO. The van der Waals surface area contributed by atoms with Gasteiger partial charge in [-0.1, -0.05) is 0 Å². The zero-order chi connectivity index (χ0) is 20.4. The number of hydrogen-bond acceptors (Lipinski definition) is 18. The van der Waals surface area contributed by atoms with Crippen molar-refractivity contribution in [2.45, 2.75) is 12.3 Å². The molecule has 0 unspecified atom stereocenters. The van der Waals surface area contributed by atoms with Crippen molar-refractivity contribution in [3.63, 3.8) is 0 Å². The second-order valence-corrected chi connectivity index (χ2v) is 3.27. The fourth-order valence-electron chi connectivity index (χ4n) is 1.01. The van der Waals surface area contributed by atoms with Gasteiger partial charge in [0.25, 0.3) is 0 Å². The summed E-state index contributed by atoms with van der Waals surface area (Å²) in [5.74, 6) is 0. The summed E-state index contributed by atoms with van der Waals surface area (Å²) >= 11 is 0. The van der Waals surface area contributed by atoms with Crippen molar-refractivity contribution in [3.8, 4) is 0 Å². The highest BCUT2D eigenvalue weighted by Gasteiger charge is 2.48. The van der Waals surface area contributed by atoms with Gasteiger partial charge < -0.3 is 30.6 Å². The first kappa shape index (κ1) is 26.3. The Morgan fingerprint density at radius 2 is 0.815 bits per heavy atom. The molecule has 6 N–H and O–H groups in total. The molecule has 0 aromatic carbocycles. The van der Waals surface area contributed by atoms with Gasteiger partial charge in [0.05, 0.1) is 0 Å². The molecule has 0 aliphatic carbocycles. The zero-order valence-corrected chi connectivity index (χ0v) is 13.5. The first-order chi connectivity index (χ1) is 13.1. The van der Waals surface area contributed by atoms with E-state index in [0.717, 1.165) is 0 Å². The Bertz CT molecular complexity index is 316. The van der Waals surface area contributed by atoms with Gasteiger partial charge in [-0.2, -0.15) is 4.89 Å². The molecular weight excluding hydrogens is 396 g/mol. The lowest BCUT2D eigenvalue weighted by molar-refractivity contribution is -0.734. The second kappa shape index (κ2) is 16.3. The minimum absolute atomic E-state index is 0.823. The van der Waals surface area contributed by atoms with Crippen LogP contribution in [0.5, 0.6) is 0 Å². The van der Waals surface area contributed by atoms with Crippen molar-refractivity contribution < 1.29 is 88.7 Å². The van der Waals surface area contributed by atoms with Crippen molar-refractivity contribution in [2.75, 3.05) is 47.6 Å². The average molecular weight is 416 g/mol. The minimum atomic E-state index is -3.02. The monoisotopic (exact) mass is 416 g/mol. The lowest BCUT2D eigenvalue weighted by Crippen LogP contribution is -2.49. The normalized spacial score (nSPS) is 12.7. The fourth-order valence-corrected chi connectivity index (χ4v) is 1.01. The largest absolute Gasteiger partial charge is 0.470 e. The smallest absolute Gasteiger partial charge is 0.370 e. The number of aliphatic hydroxyl groups is 6. The summed E-state index contributed by atoms with van der Waals surface area (Å²) in [5, 5.41) is 52.3. The predicted octanol–water partition coefficient (Wildman–Crippen LogP) is -4.28. The van der Waals surface area contributed by atoms with E-state index in [2.05, 4.69) is 58.0 Å². The van der Waals surface area contributed by atoms with Gasteiger partial charge in [-0.3, -0.25) is 18.9 Å². The van der Waals surface area contributed by atoms with Gasteiger partial charge in [0.1, 0.15) is 0 Å². The molecule has 27 heavy (non-hydrogen) atoms. The maximum Gasteiger partial charge on any atom is 0.470 e. The van der Waals surface area contributed by atoms with Crippen LogP contribution in [-0.2, 0) is 58.0 Å². The summed E-state index contributed by atoms with van der Waals surface area (Å²) in [5.41, 5.74) is 0. The minimum Gasteiger partial charge on any atom is -0.370 e. The molecule has 0 rings (SSSR count). The first-order valence-electron chi connectivity index (χ1n) is 6.51. The third-order valence-electron chi connectivity index (χ3n) is 1.82. The van der Waals surface area contributed by atoms with E-state index in [1.54, 1.807) is 0 Å². The quantitative estimate of drug-likeness (QED) is 0.0477. The highest BCUT2D eigenvalue weighted by atomic mass is 17.5.